The highest BCUT2D eigenvalue weighted by molar-refractivity contribution is 5.97. The second kappa shape index (κ2) is 5.22. The lowest BCUT2D eigenvalue weighted by Gasteiger charge is -1.99. The number of nitrogens with one attached hydrogen (secondary N) is 2. The molecule has 0 aliphatic carbocycles. The molecule has 0 spiro atoms. The van der Waals surface area contributed by atoms with Crippen molar-refractivity contribution in [1.29, 1.82) is 0 Å². The van der Waals surface area contributed by atoms with Gasteiger partial charge in [0.25, 0.3) is 5.69 Å². The molecule has 0 atom stereocenters. The first kappa shape index (κ1) is 13.3. The van der Waals surface area contributed by atoms with Crippen LogP contribution in [0.3, 0.4) is 0 Å². The number of aromatic amines is 1. The first-order valence-electron chi connectivity index (χ1n) is 5.46. The van der Waals surface area contributed by atoms with Crippen LogP contribution in [0.2, 0.25) is 0 Å². The van der Waals surface area contributed by atoms with Gasteiger partial charge in [0.2, 0.25) is 0 Å². The predicted molar refractivity (Wildman–Crippen MR) is 71.2 cm³/mol. The third kappa shape index (κ3) is 2.34. The van der Waals surface area contributed by atoms with E-state index in [1.54, 1.807) is 6.08 Å². The van der Waals surface area contributed by atoms with Gasteiger partial charge in [-0.2, -0.15) is 5.10 Å². The van der Waals surface area contributed by atoms with Crippen molar-refractivity contribution < 1.29 is 9.85 Å². The second-order valence-electron chi connectivity index (χ2n) is 3.78. The Morgan fingerprint density at radius 1 is 1.35 bits per heavy atom. The van der Waals surface area contributed by atoms with Crippen LogP contribution in [0, 0.1) is 20.2 Å². The largest absolute Gasteiger partial charge is 0.405 e. The highest BCUT2D eigenvalue weighted by atomic mass is 16.6. The number of non-ortho nitro benzene ring substituents is 2. The average molecular weight is 278 g/mol. The lowest BCUT2D eigenvalue weighted by atomic mass is 10.2. The smallest absolute Gasteiger partial charge is 0.301 e. The summed E-state index contributed by atoms with van der Waals surface area (Å²) in [6.45, 7) is 0.340. The van der Waals surface area contributed by atoms with E-state index in [-0.39, 0.29) is 22.4 Å². The zero-order valence-electron chi connectivity index (χ0n) is 10.1. The van der Waals surface area contributed by atoms with Gasteiger partial charge in [0.1, 0.15) is 5.52 Å². The molecule has 1 heterocycles. The van der Waals surface area contributed by atoms with Crippen molar-refractivity contribution in [3.8, 4) is 0 Å². The quantitative estimate of drug-likeness (QED) is 0.549. The number of H-pyrrole nitrogens is 1. The molecular weight excluding hydrogens is 268 g/mol. The number of nitrogens with zero attached hydrogens (tertiary/aromatic N) is 3. The van der Waals surface area contributed by atoms with Gasteiger partial charge < -0.3 is 11.1 Å². The molecule has 2 aromatic rings. The molecular formula is C10H10N6O4. The fourth-order valence-electron chi connectivity index (χ4n) is 1.70. The Morgan fingerprint density at radius 3 is 2.70 bits per heavy atom. The lowest BCUT2D eigenvalue weighted by Crippen LogP contribution is -2.00. The molecule has 20 heavy (non-hydrogen) atoms. The van der Waals surface area contributed by atoms with Crippen LogP contribution in [0.25, 0.3) is 10.9 Å². The van der Waals surface area contributed by atoms with Crippen LogP contribution < -0.4 is 11.1 Å². The number of benzene rings is 1. The van der Waals surface area contributed by atoms with Crippen molar-refractivity contribution in [3.05, 3.63) is 44.6 Å². The van der Waals surface area contributed by atoms with E-state index in [9.17, 15) is 20.2 Å². The van der Waals surface area contributed by atoms with Crippen molar-refractivity contribution in [3.63, 3.8) is 0 Å². The van der Waals surface area contributed by atoms with Crippen LogP contribution in [0.5, 0.6) is 0 Å². The third-order valence-corrected chi connectivity index (χ3v) is 2.57. The number of hydrogen-bond donors (Lipinski definition) is 3. The predicted octanol–water partition coefficient (Wildman–Crippen LogP) is 1.26. The molecule has 0 saturated carbocycles. The number of anilines is 1. The molecule has 0 aliphatic heterocycles. The SMILES string of the molecule is NC=CCNc1n[nH]c2c([N+](=O)[O-])cc([N+](=O)[O-])cc12. The van der Waals surface area contributed by atoms with E-state index in [0.29, 0.717) is 6.54 Å². The van der Waals surface area contributed by atoms with Crippen LogP contribution in [0.1, 0.15) is 0 Å². The molecule has 0 aliphatic rings. The summed E-state index contributed by atoms with van der Waals surface area (Å²) in [5, 5.41) is 31.3. The summed E-state index contributed by atoms with van der Waals surface area (Å²) in [4.78, 5) is 20.4. The van der Waals surface area contributed by atoms with Gasteiger partial charge in [-0.1, -0.05) is 0 Å². The molecule has 0 amide bonds. The second-order valence-corrected chi connectivity index (χ2v) is 3.78. The molecule has 104 valence electrons. The highest BCUT2D eigenvalue weighted by Gasteiger charge is 2.22. The van der Waals surface area contributed by atoms with E-state index in [4.69, 9.17) is 5.73 Å². The lowest BCUT2D eigenvalue weighted by molar-refractivity contribution is -0.393. The van der Waals surface area contributed by atoms with Gasteiger partial charge in [-0.3, -0.25) is 25.3 Å². The number of aromatic nitrogens is 2. The van der Waals surface area contributed by atoms with Crippen LogP contribution in [0.15, 0.2) is 24.4 Å². The summed E-state index contributed by atoms with van der Waals surface area (Å²) >= 11 is 0. The summed E-state index contributed by atoms with van der Waals surface area (Å²) in [6, 6.07) is 2.12. The fraction of sp³-hybridized carbons (Fsp3) is 0.100. The van der Waals surface area contributed by atoms with Crippen molar-refractivity contribution in [2.75, 3.05) is 11.9 Å². The molecule has 0 fully saturated rings. The molecule has 10 heteroatoms. The number of hydrogen-bond acceptors (Lipinski definition) is 7. The Hall–Kier alpha value is -3.17. The molecule has 1 aromatic carbocycles. The summed E-state index contributed by atoms with van der Waals surface area (Å²) in [6.07, 6.45) is 2.93. The zero-order valence-corrected chi connectivity index (χ0v) is 10.1. The van der Waals surface area contributed by atoms with Gasteiger partial charge in [0.15, 0.2) is 5.82 Å². The van der Waals surface area contributed by atoms with Gasteiger partial charge in [-0.05, 0) is 12.3 Å². The Bertz CT molecular complexity index is 707. The molecule has 4 N–H and O–H groups in total. The number of rotatable bonds is 5. The van der Waals surface area contributed by atoms with Crippen molar-refractivity contribution in [1.82, 2.24) is 10.2 Å². The minimum absolute atomic E-state index is 0.125. The number of nitro groups is 2. The van der Waals surface area contributed by atoms with Gasteiger partial charge >= 0.3 is 5.69 Å². The van der Waals surface area contributed by atoms with Crippen LogP contribution in [0.4, 0.5) is 17.2 Å². The summed E-state index contributed by atoms with van der Waals surface area (Å²) in [5.74, 6) is 0.282. The molecule has 0 unspecified atom stereocenters. The average Bonchev–Trinajstić information content (AvgIpc) is 2.81. The molecule has 0 bridgehead atoms. The first-order valence-corrected chi connectivity index (χ1v) is 5.46. The Balaban J connectivity index is 2.57. The monoisotopic (exact) mass is 278 g/mol. The van der Waals surface area contributed by atoms with Gasteiger partial charge in [0.05, 0.1) is 21.3 Å². The molecule has 10 nitrogen and oxygen atoms in total. The molecule has 0 saturated heterocycles. The van der Waals surface area contributed by atoms with Crippen LogP contribution >= 0.6 is 0 Å². The summed E-state index contributed by atoms with van der Waals surface area (Å²) < 4.78 is 0. The van der Waals surface area contributed by atoms with E-state index in [2.05, 4.69) is 15.5 Å². The highest BCUT2D eigenvalue weighted by Crippen LogP contribution is 2.33. The number of nitro benzene ring substituents is 2. The maximum Gasteiger partial charge on any atom is 0.301 e. The Labute approximate surface area is 111 Å². The molecule has 2 rings (SSSR count). The maximum absolute atomic E-state index is 10.9. The van der Waals surface area contributed by atoms with E-state index >= 15 is 0 Å². The normalized spacial score (nSPS) is 11.0. The van der Waals surface area contributed by atoms with Gasteiger partial charge in [-0.25, -0.2) is 0 Å². The Morgan fingerprint density at radius 2 is 2.10 bits per heavy atom. The van der Waals surface area contributed by atoms with Gasteiger partial charge in [-0.15, -0.1) is 0 Å². The van der Waals surface area contributed by atoms with Crippen LogP contribution in [-0.2, 0) is 0 Å². The number of fused-ring (bicyclic) bond motifs is 1. The van der Waals surface area contributed by atoms with E-state index in [0.717, 1.165) is 6.07 Å². The maximum atomic E-state index is 10.9. The fourth-order valence-corrected chi connectivity index (χ4v) is 1.70. The van der Waals surface area contributed by atoms with Crippen molar-refractivity contribution in [2.45, 2.75) is 0 Å². The minimum atomic E-state index is -0.697. The zero-order chi connectivity index (χ0) is 14.7. The minimum Gasteiger partial charge on any atom is -0.405 e. The van der Waals surface area contributed by atoms with E-state index in [1.807, 2.05) is 0 Å². The summed E-state index contributed by atoms with van der Waals surface area (Å²) in [7, 11) is 0. The van der Waals surface area contributed by atoms with Crippen LogP contribution in [-0.4, -0.2) is 26.6 Å². The van der Waals surface area contributed by atoms with Gasteiger partial charge in [0, 0.05) is 12.6 Å². The molecule has 0 radical (unpaired) electrons. The van der Waals surface area contributed by atoms with Crippen molar-refractivity contribution in [2.24, 2.45) is 5.73 Å². The number of nitrogens with two attached hydrogens (primary N) is 1. The van der Waals surface area contributed by atoms with E-state index in [1.165, 1.54) is 12.3 Å². The first-order chi connectivity index (χ1) is 9.54. The molecule has 1 aromatic heterocycles. The third-order valence-electron chi connectivity index (χ3n) is 2.57. The topological polar surface area (TPSA) is 153 Å². The van der Waals surface area contributed by atoms with E-state index < -0.39 is 15.5 Å². The van der Waals surface area contributed by atoms with Crippen molar-refractivity contribution >= 4 is 28.1 Å². The Kier molecular flexibility index (Phi) is 3.46. The standard InChI is InChI=1S/C10H10N6O4/c11-2-1-3-12-10-7-4-6(15(17)18)5-8(16(19)20)9(7)13-14-10/h1-2,4-5H,3,11H2,(H2,12,13,14). The summed E-state index contributed by atoms with van der Waals surface area (Å²) in [5.41, 5.74) is 4.53.